The van der Waals surface area contributed by atoms with Crippen LogP contribution in [0, 0.1) is 10.1 Å². The molecule has 1 aromatic carbocycles. The molecule has 2 aromatic rings. The molecule has 0 amide bonds. The molecule has 1 aromatic heterocycles. The molecule has 1 saturated heterocycles. The Hall–Kier alpha value is -2.54. The summed E-state index contributed by atoms with van der Waals surface area (Å²) in [6, 6.07) is 10.4. The average Bonchev–Trinajstić information content (AvgIpc) is 2.57. The van der Waals surface area contributed by atoms with Gasteiger partial charge in [-0.1, -0.05) is 30.3 Å². The van der Waals surface area contributed by atoms with Gasteiger partial charge in [0.25, 0.3) is 0 Å². The van der Waals surface area contributed by atoms with Gasteiger partial charge in [-0.25, -0.2) is 9.97 Å². The Morgan fingerprint density at radius 1 is 1.05 bits per heavy atom. The van der Waals surface area contributed by atoms with E-state index in [1.54, 1.807) is 0 Å². The van der Waals surface area contributed by atoms with Gasteiger partial charge in [0.2, 0.25) is 5.95 Å². The van der Waals surface area contributed by atoms with Crippen LogP contribution in [0.25, 0.3) is 0 Å². The highest BCUT2D eigenvalue weighted by atomic mass is 16.6. The Bertz CT molecular complexity index is 624. The second-order valence-electron chi connectivity index (χ2n) is 5.25. The van der Waals surface area contributed by atoms with Crippen LogP contribution in [0.2, 0.25) is 0 Å². The van der Waals surface area contributed by atoms with Crippen LogP contribution in [0.3, 0.4) is 0 Å². The predicted molar refractivity (Wildman–Crippen MR) is 82.6 cm³/mol. The molecule has 0 spiro atoms. The molecule has 1 fully saturated rings. The lowest BCUT2D eigenvalue weighted by Gasteiger charge is -2.34. The molecular weight excluding hydrogens is 282 g/mol. The molecular formula is C15H17N5O2. The molecule has 0 radical (unpaired) electrons. The first-order valence-electron chi connectivity index (χ1n) is 7.20. The fourth-order valence-corrected chi connectivity index (χ4v) is 2.52. The van der Waals surface area contributed by atoms with Crippen molar-refractivity contribution in [2.24, 2.45) is 0 Å². The molecule has 0 saturated carbocycles. The summed E-state index contributed by atoms with van der Waals surface area (Å²) in [7, 11) is 0. The number of aromatic nitrogens is 2. The summed E-state index contributed by atoms with van der Waals surface area (Å²) in [6.07, 6.45) is 2.53. The van der Waals surface area contributed by atoms with Crippen LogP contribution < -0.4 is 4.90 Å². The van der Waals surface area contributed by atoms with Gasteiger partial charge in [-0.2, -0.15) is 0 Å². The number of piperazine rings is 1. The maximum atomic E-state index is 10.6. The molecule has 2 heterocycles. The lowest BCUT2D eigenvalue weighted by Crippen LogP contribution is -2.46. The highest BCUT2D eigenvalue weighted by Crippen LogP contribution is 2.15. The fraction of sp³-hybridized carbons (Fsp3) is 0.333. The first-order valence-corrected chi connectivity index (χ1v) is 7.20. The number of benzene rings is 1. The predicted octanol–water partition coefficient (Wildman–Crippen LogP) is 1.71. The quantitative estimate of drug-likeness (QED) is 0.632. The molecule has 3 rings (SSSR count). The standard InChI is InChI=1S/C15H17N5O2/c21-20(22)14-10-16-15(17-11-14)19-8-6-18(7-9-19)12-13-4-2-1-3-5-13/h1-5,10-11H,6-9,12H2. The van der Waals surface area contributed by atoms with Gasteiger partial charge in [-0.3, -0.25) is 15.0 Å². The number of rotatable bonds is 4. The van der Waals surface area contributed by atoms with E-state index in [1.165, 1.54) is 18.0 Å². The van der Waals surface area contributed by atoms with Crippen LogP contribution >= 0.6 is 0 Å². The lowest BCUT2D eigenvalue weighted by atomic mass is 10.2. The first kappa shape index (κ1) is 14.4. The molecule has 0 N–H and O–H groups in total. The van der Waals surface area contributed by atoms with E-state index < -0.39 is 4.92 Å². The summed E-state index contributed by atoms with van der Waals surface area (Å²) >= 11 is 0. The Morgan fingerprint density at radius 2 is 1.68 bits per heavy atom. The van der Waals surface area contributed by atoms with Crippen molar-refractivity contribution in [2.75, 3.05) is 31.1 Å². The van der Waals surface area contributed by atoms with Crippen molar-refractivity contribution in [1.82, 2.24) is 14.9 Å². The van der Waals surface area contributed by atoms with Crippen LogP contribution in [-0.4, -0.2) is 46.0 Å². The van der Waals surface area contributed by atoms with Gasteiger partial charge in [0.1, 0.15) is 12.4 Å². The van der Waals surface area contributed by atoms with Crippen molar-refractivity contribution < 1.29 is 4.92 Å². The maximum Gasteiger partial charge on any atom is 0.305 e. The Kier molecular flexibility index (Phi) is 4.24. The summed E-state index contributed by atoms with van der Waals surface area (Å²) in [4.78, 5) is 22.7. The summed E-state index contributed by atoms with van der Waals surface area (Å²) in [5.41, 5.74) is 1.23. The molecule has 7 heteroatoms. The molecule has 0 atom stereocenters. The monoisotopic (exact) mass is 299 g/mol. The first-order chi connectivity index (χ1) is 10.7. The van der Waals surface area contributed by atoms with Crippen molar-refractivity contribution in [3.05, 3.63) is 58.4 Å². The second kappa shape index (κ2) is 6.48. The number of nitro groups is 1. The second-order valence-corrected chi connectivity index (χ2v) is 5.25. The molecule has 22 heavy (non-hydrogen) atoms. The summed E-state index contributed by atoms with van der Waals surface area (Å²) < 4.78 is 0. The largest absolute Gasteiger partial charge is 0.338 e. The van der Waals surface area contributed by atoms with Gasteiger partial charge in [0.05, 0.1) is 4.92 Å². The number of anilines is 1. The summed E-state index contributed by atoms with van der Waals surface area (Å²) in [5, 5.41) is 10.6. The third kappa shape index (κ3) is 3.37. The Balaban J connectivity index is 1.56. The maximum absolute atomic E-state index is 10.6. The van der Waals surface area contributed by atoms with Crippen LogP contribution in [0.5, 0.6) is 0 Å². The molecule has 1 aliphatic heterocycles. The van der Waals surface area contributed by atoms with E-state index >= 15 is 0 Å². The lowest BCUT2D eigenvalue weighted by molar-refractivity contribution is -0.385. The highest BCUT2D eigenvalue weighted by molar-refractivity contribution is 5.34. The summed E-state index contributed by atoms with van der Waals surface area (Å²) in [5.74, 6) is 0.560. The molecule has 0 aliphatic carbocycles. The van der Waals surface area contributed by atoms with Crippen LogP contribution in [0.1, 0.15) is 5.56 Å². The minimum Gasteiger partial charge on any atom is -0.338 e. The smallest absolute Gasteiger partial charge is 0.305 e. The Labute approximate surface area is 128 Å². The van der Waals surface area contributed by atoms with E-state index in [9.17, 15) is 10.1 Å². The number of nitrogens with zero attached hydrogens (tertiary/aromatic N) is 5. The van der Waals surface area contributed by atoms with Gasteiger partial charge in [0, 0.05) is 32.7 Å². The fourth-order valence-electron chi connectivity index (χ4n) is 2.52. The van der Waals surface area contributed by atoms with E-state index in [0.717, 1.165) is 32.7 Å². The van der Waals surface area contributed by atoms with Crippen molar-refractivity contribution in [3.8, 4) is 0 Å². The number of hydrogen-bond donors (Lipinski definition) is 0. The van der Waals surface area contributed by atoms with Crippen molar-refractivity contribution in [2.45, 2.75) is 6.54 Å². The van der Waals surface area contributed by atoms with Gasteiger partial charge in [-0.05, 0) is 5.56 Å². The van der Waals surface area contributed by atoms with Crippen molar-refractivity contribution >= 4 is 11.6 Å². The van der Waals surface area contributed by atoms with E-state index in [1.807, 2.05) is 6.07 Å². The highest BCUT2D eigenvalue weighted by Gasteiger charge is 2.19. The zero-order chi connectivity index (χ0) is 15.4. The molecule has 1 aliphatic rings. The van der Waals surface area contributed by atoms with Gasteiger partial charge < -0.3 is 4.90 Å². The molecule has 7 nitrogen and oxygen atoms in total. The molecule has 0 unspecified atom stereocenters. The van der Waals surface area contributed by atoms with Crippen LogP contribution in [0.4, 0.5) is 11.6 Å². The average molecular weight is 299 g/mol. The van der Waals surface area contributed by atoms with Gasteiger partial charge in [0.15, 0.2) is 0 Å². The molecule has 114 valence electrons. The third-order valence-electron chi connectivity index (χ3n) is 3.74. The van der Waals surface area contributed by atoms with Gasteiger partial charge >= 0.3 is 5.69 Å². The van der Waals surface area contributed by atoms with E-state index in [4.69, 9.17) is 0 Å². The zero-order valence-electron chi connectivity index (χ0n) is 12.1. The third-order valence-corrected chi connectivity index (χ3v) is 3.74. The van der Waals surface area contributed by atoms with Crippen LogP contribution in [0.15, 0.2) is 42.7 Å². The normalized spacial score (nSPS) is 15.7. The minimum absolute atomic E-state index is 0.0773. The number of hydrogen-bond acceptors (Lipinski definition) is 6. The summed E-state index contributed by atoms with van der Waals surface area (Å²) in [6.45, 7) is 4.44. The van der Waals surface area contributed by atoms with Crippen molar-refractivity contribution in [3.63, 3.8) is 0 Å². The van der Waals surface area contributed by atoms with E-state index in [-0.39, 0.29) is 5.69 Å². The minimum atomic E-state index is -0.485. The van der Waals surface area contributed by atoms with E-state index in [0.29, 0.717) is 5.95 Å². The van der Waals surface area contributed by atoms with Gasteiger partial charge in [-0.15, -0.1) is 0 Å². The van der Waals surface area contributed by atoms with Crippen LogP contribution in [-0.2, 0) is 6.54 Å². The topological polar surface area (TPSA) is 75.4 Å². The Morgan fingerprint density at radius 3 is 2.27 bits per heavy atom. The van der Waals surface area contributed by atoms with Crippen molar-refractivity contribution in [1.29, 1.82) is 0 Å². The SMILES string of the molecule is O=[N+]([O-])c1cnc(N2CCN(Cc3ccccc3)CC2)nc1. The zero-order valence-corrected chi connectivity index (χ0v) is 12.1. The van der Waals surface area contributed by atoms with E-state index in [2.05, 4.69) is 44.0 Å². The molecule has 0 bridgehead atoms.